The van der Waals surface area contributed by atoms with E-state index in [4.69, 9.17) is 0 Å². The van der Waals surface area contributed by atoms with E-state index in [1.807, 2.05) is 12.4 Å². The lowest BCUT2D eigenvalue weighted by atomic mass is 10.2. The minimum absolute atomic E-state index is 0.440. The van der Waals surface area contributed by atoms with Gasteiger partial charge in [0, 0.05) is 20.0 Å². The van der Waals surface area contributed by atoms with Gasteiger partial charge in [-0.25, -0.2) is 0 Å². The molecule has 0 aliphatic heterocycles. The molecule has 0 aromatic carbocycles. The predicted molar refractivity (Wildman–Crippen MR) is 87.3 cm³/mol. The Morgan fingerprint density at radius 3 is 2.19 bits per heavy atom. The van der Waals surface area contributed by atoms with Gasteiger partial charge in [0.25, 0.3) is 0 Å². The first kappa shape index (κ1) is 18.6. The number of aliphatic hydroxyl groups is 2. The third-order valence-electron chi connectivity index (χ3n) is 3.85. The molecule has 2 unspecified atom stereocenters. The normalized spacial score (nSPS) is 14.6. The molecule has 0 aliphatic rings. The van der Waals surface area contributed by atoms with Crippen LogP contribution in [0.4, 0.5) is 0 Å². The Labute approximate surface area is 133 Å². The van der Waals surface area contributed by atoms with Crippen LogP contribution >= 0.6 is 11.3 Å². The summed E-state index contributed by atoms with van der Waals surface area (Å²) in [6, 6.07) is 0. The van der Waals surface area contributed by atoms with Crippen LogP contribution in [0.1, 0.15) is 63.1 Å². The number of hydrogen-bond donors (Lipinski definition) is 2. The Kier molecular flexibility index (Phi) is 8.41. The SMILES string of the molecule is CCCCN(CCCC)C(O)C[n+]1csc(C(C)O)c1C. The van der Waals surface area contributed by atoms with Crippen LogP contribution in [0.15, 0.2) is 5.51 Å². The first-order chi connectivity index (χ1) is 10.0. The van der Waals surface area contributed by atoms with Crippen LogP contribution in [0.3, 0.4) is 0 Å². The summed E-state index contributed by atoms with van der Waals surface area (Å²) in [7, 11) is 0. The highest BCUT2D eigenvalue weighted by Crippen LogP contribution is 2.19. The Balaban J connectivity index is 2.68. The van der Waals surface area contributed by atoms with E-state index in [2.05, 4.69) is 23.3 Å². The van der Waals surface area contributed by atoms with Gasteiger partial charge in [-0.05, 0) is 19.8 Å². The Bertz CT molecular complexity index is 399. The quantitative estimate of drug-likeness (QED) is 0.515. The van der Waals surface area contributed by atoms with Crippen molar-refractivity contribution >= 4 is 11.3 Å². The van der Waals surface area contributed by atoms with E-state index in [1.54, 1.807) is 18.3 Å². The van der Waals surface area contributed by atoms with Crippen molar-refractivity contribution in [1.82, 2.24) is 4.90 Å². The summed E-state index contributed by atoms with van der Waals surface area (Å²) in [6.45, 7) is 10.6. The van der Waals surface area contributed by atoms with Crippen LogP contribution < -0.4 is 4.57 Å². The largest absolute Gasteiger partial charge is 0.388 e. The lowest BCUT2D eigenvalue weighted by Crippen LogP contribution is -2.49. The van der Waals surface area contributed by atoms with Crippen molar-refractivity contribution in [3.63, 3.8) is 0 Å². The van der Waals surface area contributed by atoms with Gasteiger partial charge < -0.3 is 10.2 Å². The van der Waals surface area contributed by atoms with Crippen molar-refractivity contribution in [3.05, 3.63) is 16.1 Å². The molecule has 0 bridgehead atoms. The molecular weight excluding hydrogens is 284 g/mol. The molecule has 0 fully saturated rings. The number of nitrogens with zero attached hydrogens (tertiary/aromatic N) is 2. The van der Waals surface area contributed by atoms with E-state index in [9.17, 15) is 10.2 Å². The predicted octanol–water partition coefficient (Wildman–Crippen LogP) is 2.62. The number of hydrogen-bond acceptors (Lipinski definition) is 4. The number of unbranched alkanes of at least 4 members (excludes halogenated alkanes) is 2. The molecule has 1 rings (SSSR count). The molecule has 21 heavy (non-hydrogen) atoms. The van der Waals surface area contributed by atoms with Crippen molar-refractivity contribution in [2.45, 2.75) is 72.3 Å². The van der Waals surface area contributed by atoms with E-state index in [0.717, 1.165) is 49.3 Å². The van der Waals surface area contributed by atoms with Crippen molar-refractivity contribution in [3.8, 4) is 0 Å². The second kappa shape index (κ2) is 9.51. The van der Waals surface area contributed by atoms with Gasteiger partial charge in [-0.2, -0.15) is 4.57 Å². The fraction of sp³-hybridized carbons (Fsp3) is 0.812. The fourth-order valence-electron chi connectivity index (χ4n) is 2.43. The van der Waals surface area contributed by atoms with Crippen LogP contribution in [0, 0.1) is 6.92 Å². The van der Waals surface area contributed by atoms with Gasteiger partial charge in [0.1, 0.15) is 4.88 Å². The lowest BCUT2D eigenvalue weighted by molar-refractivity contribution is -0.708. The van der Waals surface area contributed by atoms with Gasteiger partial charge in [-0.1, -0.05) is 38.0 Å². The average Bonchev–Trinajstić information content (AvgIpc) is 2.80. The highest BCUT2D eigenvalue weighted by atomic mass is 32.1. The summed E-state index contributed by atoms with van der Waals surface area (Å²) in [5.74, 6) is 0. The molecule has 0 saturated heterocycles. The molecule has 0 radical (unpaired) electrons. The maximum Gasteiger partial charge on any atom is 0.225 e. The molecule has 0 amide bonds. The topological polar surface area (TPSA) is 47.6 Å². The van der Waals surface area contributed by atoms with Gasteiger partial charge in [0.05, 0.1) is 6.10 Å². The smallest absolute Gasteiger partial charge is 0.225 e. The third-order valence-corrected chi connectivity index (χ3v) is 5.10. The molecule has 1 aromatic rings. The fourth-order valence-corrected chi connectivity index (χ4v) is 3.40. The van der Waals surface area contributed by atoms with E-state index in [-0.39, 0.29) is 0 Å². The second-order valence-electron chi connectivity index (χ2n) is 5.72. The number of aromatic nitrogens is 1. The van der Waals surface area contributed by atoms with Crippen LogP contribution in [-0.2, 0) is 6.54 Å². The molecule has 4 nitrogen and oxygen atoms in total. The molecule has 0 spiro atoms. The van der Waals surface area contributed by atoms with Crippen LogP contribution in [0.5, 0.6) is 0 Å². The van der Waals surface area contributed by atoms with Gasteiger partial charge in [0.15, 0.2) is 18.5 Å². The molecule has 0 aliphatic carbocycles. The van der Waals surface area contributed by atoms with Gasteiger partial charge in [0.2, 0.25) is 5.51 Å². The summed E-state index contributed by atoms with van der Waals surface area (Å²) in [4.78, 5) is 3.16. The van der Waals surface area contributed by atoms with E-state index in [0.29, 0.717) is 6.54 Å². The zero-order valence-electron chi connectivity index (χ0n) is 13.9. The van der Waals surface area contributed by atoms with Crippen molar-refractivity contribution in [2.24, 2.45) is 0 Å². The molecule has 122 valence electrons. The summed E-state index contributed by atoms with van der Waals surface area (Å²) < 4.78 is 2.06. The van der Waals surface area contributed by atoms with E-state index in [1.165, 1.54) is 0 Å². The minimum atomic E-state index is -0.455. The van der Waals surface area contributed by atoms with Crippen LogP contribution in [0.25, 0.3) is 0 Å². The molecule has 5 heteroatoms. The van der Waals surface area contributed by atoms with Crippen molar-refractivity contribution in [1.29, 1.82) is 0 Å². The van der Waals surface area contributed by atoms with Crippen LogP contribution in [-0.4, -0.2) is 34.4 Å². The van der Waals surface area contributed by atoms with Crippen molar-refractivity contribution < 1.29 is 14.8 Å². The monoisotopic (exact) mass is 315 g/mol. The summed E-state index contributed by atoms with van der Waals surface area (Å²) in [6.07, 6.45) is 3.63. The molecule has 1 aromatic heterocycles. The number of rotatable bonds is 10. The molecule has 2 N–H and O–H groups in total. The van der Waals surface area contributed by atoms with E-state index >= 15 is 0 Å². The van der Waals surface area contributed by atoms with Gasteiger partial charge >= 0.3 is 0 Å². The second-order valence-corrected chi connectivity index (χ2v) is 6.61. The standard InChI is InChI=1S/C16H31N2O2S/c1-5-7-9-17(10-8-6-2)15(20)11-18-12-21-16(13(18)3)14(4)19/h12,14-15,19-20H,5-11H2,1-4H3/q+1. The Morgan fingerprint density at radius 1 is 1.19 bits per heavy atom. The molecule has 0 saturated carbocycles. The Morgan fingerprint density at radius 2 is 1.76 bits per heavy atom. The number of aliphatic hydroxyl groups excluding tert-OH is 2. The van der Waals surface area contributed by atoms with Gasteiger partial charge in [-0.3, -0.25) is 4.90 Å². The summed E-state index contributed by atoms with van der Waals surface area (Å²) >= 11 is 1.56. The molecular formula is C16H31N2O2S+. The zero-order chi connectivity index (χ0) is 15.8. The summed E-state index contributed by atoms with van der Waals surface area (Å²) in [5.41, 5.74) is 3.05. The first-order valence-corrected chi connectivity index (χ1v) is 8.96. The average molecular weight is 316 g/mol. The summed E-state index contributed by atoms with van der Waals surface area (Å²) in [5, 5.41) is 20.3. The maximum atomic E-state index is 10.5. The Hall–Kier alpha value is -0.490. The zero-order valence-corrected chi connectivity index (χ0v) is 14.7. The highest BCUT2D eigenvalue weighted by molar-refractivity contribution is 7.09. The first-order valence-electron chi connectivity index (χ1n) is 8.08. The molecule has 1 heterocycles. The lowest BCUT2D eigenvalue weighted by Gasteiger charge is -2.25. The number of thiazole rings is 1. The third kappa shape index (κ3) is 5.66. The van der Waals surface area contributed by atoms with E-state index < -0.39 is 12.3 Å². The molecule has 2 atom stereocenters. The highest BCUT2D eigenvalue weighted by Gasteiger charge is 2.24. The van der Waals surface area contributed by atoms with Gasteiger partial charge in [-0.15, -0.1) is 0 Å². The minimum Gasteiger partial charge on any atom is -0.388 e. The van der Waals surface area contributed by atoms with Crippen LogP contribution in [0.2, 0.25) is 0 Å². The maximum absolute atomic E-state index is 10.5. The van der Waals surface area contributed by atoms with Crippen molar-refractivity contribution in [2.75, 3.05) is 13.1 Å².